The molecule has 2 aliphatic heterocycles. The largest absolute Gasteiger partial charge is 0.382 e. The second kappa shape index (κ2) is 5.14. The van der Waals surface area contributed by atoms with Gasteiger partial charge in [-0.25, -0.2) is 4.98 Å². The van der Waals surface area contributed by atoms with E-state index in [1.54, 1.807) is 0 Å². The third kappa shape index (κ3) is 2.60. The van der Waals surface area contributed by atoms with E-state index in [2.05, 4.69) is 23.7 Å². The molecule has 2 saturated heterocycles. The van der Waals surface area contributed by atoms with Crippen molar-refractivity contribution in [3.05, 3.63) is 4.88 Å². The van der Waals surface area contributed by atoms with Gasteiger partial charge in [0.2, 0.25) is 0 Å². The highest BCUT2D eigenvalue weighted by atomic mass is 32.1. The Labute approximate surface area is 129 Å². The van der Waals surface area contributed by atoms with Crippen LogP contribution in [-0.4, -0.2) is 47.0 Å². The van der Waals surface area contributed by atoms with E-state index >= 15 is 0 Å². The highest BCUT2D eigenvalue weighted by Crippen LogP contribution is 2.35. The molecular formula is C14H23N5OS. The number of hydrogen-bond donors (Lipinski definition) is 2. The Bertz CT molecular complexity index is 556. The molecule has 1 amide bonds. The predicted octanol–water partition coefficient (Wildman–Crippen LogP) is 1.28. The van der Waals surface area contributed by atoms with Gasteiger partial charge in [0.1, 0.15) is 10.7 Å². The lowest BCUT2D eigenvalue weighted by Gasteiger charge is -2.31. The van der Waals surface area contributed by atoms with E-state index in [9.17, 15) is 4.79 Å². The monoisotopic (exact) mass is 309 g/mol. The lowest BCUT2D eigenvalue weighted by atomic mass is 10.0. The SMILES string of the molecule is CC1(C)CCCN1C(=O)c1sc(N2CCC(N)C2)nc1N. The molecule has 0 bridgehead atoms. The minimum Gasteiger partial charge on any atom is -0.382 e. The third-order valence-electron chi connectivity index (χ3n) is 4.48. The standard InChI is InChI=1S/C14H23N5OS/c1-14(2)5-3-6-19(14)12(20)10-11(16)17-13(21-10)18-7-4-9(15)8-18/h9H,3-8,15-16H2,1-2H3. The Morgan fingerprint density at radius 3 is 2.76 bits per heavy atom. The molecule has 0 aliphatic carbocycles. The van der Waals surface area contributed by atoms with E-state index in [1.165, 1.54) is 11.3 Å². The molecule has 0 radical (unpaired) electrons. The zero-order chi connectivity index (χ0) is 15.2. The quantitative estimate of drug-likeness (QED) is 0.859. The summed E-state index contributed by atoms with van der Waals surface area (Å²) in [6.07, 6.45) is 3.04. The van der Waals surface area contributed by atoms with Gasteiger partial charge in [-0.15, -0.1) is 0 Å². The minimum absolute atomic E-state index is 0.0160. The van der Waals surface area contributed by atoms with Crippen LogP contribution >= 0.6 is 11.3 Å². The number of nitrogens with zero attached hydrogens (tertiary/aromatic N) is 3. The summed E-state index contributed by atoms with van der Waals surface area (Å²) in [7, 11) is 0. The second-order valence-corrected chi connectivity index (χ2v) is 7.56. The fourth-order valence-electron chi connectivity index (χ4n) is 3.18. The molecule has 4 N–H and O–H groups in total. The molecule has 2 aliphatic rings. The zero-order valence-corrected chi connectivity index (χ0v) is 13.4. The maximum absolute atomic E-state index is 12.7. The summed E-state index contributed by atoms with van der Waals surface area (Å²) in [5.74, 6) is 0.366. The van der Waals surface area contributed by atoms with Crippen LogP contribution in [0, 0.1) is 0 Å². The minimum atomic E-state index is -0.0936. The molecule has 0 spiro atoms. The fraction of sp³-hybridized carbons (Fsp3) is 0.714. The molecule has 0 aromatic carbocycles. The highest BCUT2D eigenvalue weighted by Gasteiger charge is 2.37. The lowest BCUT2D eigenvalue weighted by Crippen LogP contribution is -2.42. The van der Waals surface area contributed by atoms with Crippen LogP contribution in [0.4, 0.5) is 10.9 Å². The van der Waals surface area contributed by atoms with E-state index in [4.69, 9.17) is 11.5 Å². The van der Waals surface area contributed by atoms with Crippen molar-refractivity contribution < 1.29 is 4.79 Å². The molecule has 21 heavy (non-hydrogen) atoms. The number of likely N-dealkylation sites (tertiary alicyclic amines) is 1. The van der Waals surface area contributed by atoms with Gasteiger partial charge in [-0.2, -0.15) is 0 Å². The van der Waals surface area contributed by atoms with Crippen molar-refractivity contribution in [1.29, 1.82) is 0 Å². The average Bonchev–Trinajstić information content (AvgIpc) is 3.07. The average molecular weight is 309 g/mol. The molecule has 1 aromatic heterocycles. The number of nitrogens with two attached hydrogens (primary N) is 2. The molecule has 2 fully saturated rings. The summed E-state index contributed by atoms with van der Waals surface area (Å²) in [6.45, 7) is 6.69. The van der Waals surface area contributed by atoms with Gasteiger partial charge in [0.25, 0.3) is 5.91 Å². The van der Waals surface area contributed by atoms with Crippen LogP contribution in [0.15, 0.2) is 0 Å². The summed E-state index contributed by atoms with van der Waals surface area (Å²) < 4.78 is 0. The second-order valence-electron chi connectivity index (χ2n) is 6.58. The number of anilines is 2. The number of hydrogen-bond acceptors (Lipinski definition) is 6. The Morgan fingerprint density at radius 2 is 2.19 bits per heavy atom. The van der Waals surface area contributed by atoms with Crippen molar-refractivity contribution in [1.82, 2.24) is 9.88 Å². The first-order valence-corrected chi connectivity index (χ1v) is 8.29. The van der Waals surface area contributed by atoms with Crippen molar-refractivity contribution in [3.8, 4) is 0 Å². The maximum Gasteiger partial charge on any atom is 0.268 e. The maximum atomic E-state index is 12.7. The topological polar surface area (TPSA) is 88.5 Å². The van der Waals surface area contributed by atoms with Gasteiger partial charge in [-0.3, -0.25) is 4.79 Å². The van der Waals surface area contributed by atoms with Crippen LogP contribution in [0.3, 0.4) is 0 Å². The zero-order valence-electron chi connectivity index (χ0n) is 12.6. The van der Waals surface area contributed by atoms with Gasteiger partial charge in [0.05, 0.1) is 0 Å². The van der Waals surface area contributed by atoms with Crippen LogP contribution in [0.1, 0.15) is 42.8 Å². The van der Waals surface area contributed by atoms with E-state index in [1.807, 2.05) is 4.90 Å². The summed E-state index contributed by atoms with van der Waals surface area (Å²) >= 11 is 1.40. The van der Waals surface area contributed by atoms with Gasteiger partial charge in [0.15, 0.2) is 5.13 Å². The van der Waals surface area contributed by atoms with E-state index < -0.39 is 0 Å². The van der Waals surface area contributed by atoms with Gasteiger partial charge in [-0.05, 0) is 33.1 Å². The van der Waals surface area contributed by atoms with Crippen LogP contribution in [0.5, 0.6) is 0 Å². The first-order valence-electron chi connectivity index (χ1n) is 7.47. The van der Waals surface area contributed by atoms with Gasteiger partial charge >= 0.3 is 0 Å². The number of nitrogen functional groups attached to an aromatic ring is 1. The molecular weight excluding hydrogens is 286 g/mol. The van der Waals surface area contributed by atoms with Crippen LogP contribution in [-0.2, 0) is 0 Å². The van der Waals surface area contributed by atoms with Crippen molar-refractivity contribution in [3.63, 3.8) is 0 Å². The molecule has 3 rings (SSSR count). The van der Waals surface area contributed by atoms with E-state index in [0.29, 0.717) is 10.7 Å². The van der Waals surface area contributed by atoms with E-state index in [-0.39, 0.29) is 17.5 Å². The van der Waals surface area contributed by atoms with Crippen molar-refractivity contribution in [2.45, 2.75) is 44.7 Å². The lowest BCUT2D eigenvalue weighted by molar-refractivity contribution is 0.0658. The molecule has 6 nitrogen and oxygen atoms in total. The Balaban J connectivity index is 1.83. The number of amides is 1. The number of thiazole rings is 1. The van der Waals surface area contributed by atoms with Crippen LogP contribution < -0.4 is 16.4 Å². The number of aromatic nitrogens is 1. The normalized spacial score (nSPS) is 24.8. The van der Waals surface area contributed by atoms with E-state index in [0.717, 1.165) is 44.0 Å². The highest BCUT2D eigenvalue weighted by molar-refractivity contribution is 7.18. The van der Waals surface area contributed by atoms with Gasteiger partial charge < -0.3 is 21.3 Å². The van der Waals surface area contributed by atoms with Crippen LogP contribution in [0.25, 0.3) is 0 Å². The molecule has 1 aromatic rings. The Kier molecular flexibility index (Phi) is 3.57. The summed E-state index contributed by atoms with van der Waals surface area (Å²) in [5, 5.41) is 0.820. The number of carbonyl (C=O) groups excluding carboxylic acids is 1. The van der Waals surface area contributed by atoms with Crippen LogP contribution in [0.2, 0.25) is 0 Å². The van der Waals surface area contributed by atoms with Crippen molar-refractivity contribution in [2.24, 2.45) is 5.73 Å². The third-order valence-corrected chi connectivity index (χ3v) is 5.60. The number of rotatable bonds is 2. The molecule has 1 atom stereocenters. The molecule has 0 saturated carbocycles. The molecule has 1 unspecified atom stereocenters. The summed E-state index contributed by atoms with van der Waals surface area (Å²) in [5.41, 5.74) is 11.8. The Morgan fingerprint density at radius 1 is 1.43 bits per heavy atom. The fourth-order valence-corrected chi connectivity index (χ4v) is 4.15. The summed E-state index contributed by atoms with van der Waals surface area (Å²) in [4.78, 5) is 21.8. The first kappa shape index (κ1) is 14.6. The first-order chi connectivity index (χ1) is 9.88. The predicted molar refractivity (Wildman–Crippen MR) is 85.7 cm³/mol. The van der Waals surface area contributed by atoms with Crippen molar-refractivity contribution >= 4 is 28.2 Å². The smallest absolute Gasteiger partial charge is 0.268 e. The summed E-state index contributed by atoms with van der Waals surface area (Å²) in [6, 6.07) is 0.187. The Hall–Kier alpha value is -1.34. The van der Waals surface area contributed by atoms with Gasteiger partial charge in [-0.1, -0.05) is 11.3 Å². The number of carbonyl (C=O) groups is 1. The molecule has 7 heteroatoms. The van der Waals surface area contributed by atoms with Gasteiger partial charge in [0, 0.05) is 31.2 Å². The van der Waals surface area contributed by atoms with Crippen molar-refractivity contribution in [2.75, 3.05) is 30.3 Å². The molecule has 116 valence electrons. The molecule has 3 heterocycles.